The predicted octanol–water partition coefficient (Wildman–Crippen LogP) is 2.91. The topological polar surface area (TPSA) is 56.3 Å². The first-order valence-electron chi connectivity index (χ1n) is 6.12. The molecule has 0 radical (unpaired) electrons. The lowest BCUT2D eigenvalue weighted by Crippen LogP contribution is -2.23. The van der Waals surface area contributed by atoms with Crippen molar-refractivity contribution < 1.29 is 9.47 Å². The second-order valence-electron chi connectivity index (χ2n) is 3.93. The van der Waals surface area contributed by atoms with Gasteiger partial charge < -0.3 is 14.8 Å². The molecule has 0 aromatic carbocycles. The Morgan fingerprint density at radius 1 is 1.40 bits per heavy atom. The van der Waals surface area contributed by atoms with E-state index in [1.807, 2.05) is 18.4 Å². The maximum atomic E-state index is 6.23. The van der Waals surface area contributed by atoms with Crippen molar-refractivity contribution >= 4 is 22.9 Å². The van der Waals surface area contributed by atoms with E-state index in [0.29, 0.717) is 22.5 Å². The molecule has 0 aliphatic rings. The van der Waals surface area contributed by atoms with Crippen LogP contribution in [0.3, 0.4) is 0 Å². The number of rotatable bonds is 6. The van der Waals surface area contributed by atoms with Crippen molar-refractivity contribution in [1.82, 2.24) is 15.3 Å². The normalized spacial score (nSPS) is 12.2. The van der Waals surface area contributed by atoms with Crippen molar-refractivity contribution in [2.24, 2.45) is 0 Å². The maximum Gasteiger partial charge on any atom is 0.240 e. The molecule has 0 aliphatic heterocycles. The van der Waals surface area contributed by atoms with Gasteiger partial charge in [0.2, 0.25) is 11.8 Å². The largest absolute Gasteiger partial charge is 0.480 e. The van der Waals surface area contributed by atoms with E-state index in [2.05, 4.69) is 15.3 Å². The molecular weight excluding hydrogens is 298 g/mol. The van der Waals surface area contributed by atoms with Crippen molar-refractivity contribution in [3.05, 3.63) is 33.2 Å². The van der Waals surface area contributed by atoms with Crippen LogP contribution in [0.15, 0.2) is 17.6 Å². The Morgan fingerprint density at radius 2 is 2.20 bits per heavy atom. The van der Waals surface area contributed by atoms with Crippen LogP contribution in [-0.2, 0) is 0 Å². The Balaban J connectivity index is 2.46. The standard InChI is InChI=1S/C13H16ClN3O2S/c1-4-15-10(12-8(14)5-6-20-12)11-13(19-3)17-9(18-2)7-16-11/h5-7,10,15H,4H2,1-3H3. The van der Waals surface area contributed by atoms with Crippen LogP contribution < -0.4 is 14.8 Å². The Hall–Kier alpha value is -1.37. The van der Waals surface area contributed by atoms with E-state index >= 15 is 0 Å². The molecule has 2 heterocycles. The van der Waals surface area contributed by atoms with Gasteiger partial charge in [-0.2, -0.15) is 4.98 Å². The first-order chi connectivity index (χ1) is 9.71. The molecule has 1 atom stereocenters. The lowest BCUT2D eigenvalue weighted by molar-refractivity contribution is 0.353. The highest BCUT2D eigenvalue weighted by Gasteiger charge is 2.24. The number of aromatic nitrogens is 2. The van der Waals surface area contributed by atoms with Gasteiger partial charge in [0.25, 0.3) is 0 Å². The minimum atomic E-state index is -0.152. The van der Waals surface area contributed by atoms with Crippen LogP contribution in [0.1, 0.15) is 23.5 Å². The Labute approximate surface area is 126 Å². The van der Waals surface area contributed by atoms with E-state index in [-0.39, 0.29) is 6.04 Å². The summed E-state index contributed by atoms with van der Waals surface area (Å²) >= 11 is 7.80. The summed E-state index contributed by atoms with van der Waals surface area (Å²) in [6, 6.07) is 1.72. The summed E-state index contributed by atoms with van der Waals surface area (Å²) in [5.41, 5.74) is 0.694. The molecule has 0 fully saturated rings. The van der Waals surface area contributed by atoms with Gasteiger partial charge in [-0.3, -0.25) is 0 Å². The molecular formula is C13H16ClN3O2S. The highest BCUT2D eigenvalue weighted by molar-refractivity contribution is 7.10. The van der Waals surface area contributed by atoms with Gasteiger partial charge in [-0.1, -0.05) is 18.5 Å². The molecule has 5 nitrogen and oxygen atoms in total. The predicted molar refractivity (Wildman–Crippen MR) is 80.0 cm³/mol. The van der Waals surface area contributed by atoms with Crippen molar-refractivity contribution in [3.63, 3.8) is 0 Å². The van der Waals surface area contributed by atoms with Gasteiger partial charge in [-0.15, -0.1) is 11.3 Å². The Morgan fingerprint density at radius 3 is 2.75 bits per heavy atom. The summed E-state index contributed by atoms with van der Waals surface area (Å²) in [4.78, 5) is 9.67. The van der Waals surface area contributed by atoms with Crippen LogP contribution in [-0.4, -0.2) is 30.7 Å². The molecule has 0 bridgehead atoms. The number of ether oxygens (including phenoxy) is 2. The lowest BCUT2D eigenvalue weighted by Gasteiger charge is -2.18. The van der Waals surface area contributed by atoms with E-state index in [1.165, 1.54) is 0 Å². The van der Waals surface area contributed by atoms with Crippen LogP contribution >= 0.6 is 22.9 Å². The van der Waals surface area contributed by atoms with Gasteiger partial charge in [0.15, 0.2) is 0 Å². The molecule has 0 aliphatic carbocycles. The van der Waals surface area contributed by atoms with Crippen molar-refractivity contribution in [3.8, 4) is 11.8 Å². The van der Waals surface area contributed by atoms with Crippen LogP contribution in [0.25, 0.3) is 0 Å². The van der Waals surface area contributed by atoms with E-state index < -0.39 is 0 Å². The molecule has 1 N–H and O–H groups in total. The third kappa shape index (κ3) is 3.03. The molecule has 0 spiro atoms. The summed E-state index contributed by atoms with van der Waals surface area (Å²) in [6.45, 7) is 2.80. The first-order valence-corrected chi connectivity index (χ1v) is 7.38. The quantitative estimate of drug-likeness (QED) is 0.888. The number of thiophene rings is 1. The van der Waals surface area contributed by atoms with E-state index in [4.69, 9.17) is 21.1 Å². The number of hydrogen-bond donors (Lipinski definition) is 1. The molecule has 0 saturated heterocycles. The molecule has 0 amide bonds. The average molecular weight is 314 g/mol. The number of methoxy groups -OCH3 is 2. The van der Waals surface area contributed by atoms with Crippen molar-refractivity contribution in [1.29, 1.82) is 0 Å². The number of nitrogens with zero attached hydrogens (tertiary/aromatic N) is 2. The summed E-state index contributed by atoms with van der Waals surface area (Å²) < 4.78 is 10.4. The fourth-order valence-electron chi connectivity index (χ4n) is 1.84. The van der Waals surface area contributed by atoms with E-state index in [1.54, 1.807) is 31.8 Å². The molecule has 1 unspecified atom stereocenters. The van der Waals surface area contributed by atoms with Gasteiger partial charge in [0.1, 0.15) is 5.69 Å². The summed E-state index contributed by atoms with van der Waals surface area (Å²) in [6.07, 6.45) is 1.57. The molecule has 0 saturated carbocycles. The summed E-state index contributed by atoms with van der Waals surface area (Å²) in [5.74, 6) is 0.845. The lowest BCUT2D eigenvalue weighted by atomic mass is 10.1. The van der Waals surface area contributed by atoms with Gasteiger partial charge >= 0.3 is 0 Å². The third-order valence-electron chi connectivity index (χ3n) is 2.74. The van der Waals surface area contributed by atoms with Crippen LogP contribution in [0, 0.1) is 0 Å². The summed E-state index contributed by atoms with van der Waals surface area (Å²) in [7, 11) is 3.10. The zero-order valence-corrected chi connectivity index (χ0v) is 13.1. The molecule has 2 aromatic rings. The fraction of sp³-hybridized carbons (Fsp3) is 0.385. The first kappa shape index (κ1) is 15.0. The SMILES string of the molecule is CCNC(c1ncc(OC)nc1OC)c1sccc1Cl. The van der Waals surface area contributed by atoms with Gasteiger partial charge in [-0.05, 0) is 18.0 Å². The highest BCUT2D eigenvalue weighted by Crippen LogP contribution is 2.35. The molecule has 108 valence electrons. The minimum Gasteiger partial charge on any atom is -0.480 e. The highest BCUT2D eigenvalue weighted by atomic mass is 35.5. The van der Waals surface area contributed by atoms with E-state index in [0.717, 1.165) is 11.4 Å². The van der Waals surface area contributed by atoms with Crippen molar-refractivity contribution in [2.75, 3.05) is 20.8 Å². The van der Waals surface area contributed by atoms with Gasteiger partial charge in [0, 0.05) is 4.88 Å². The minimum absolute atomic E-state index is 0.152. The number of nitrogens with one attached hydrogen (secondary N) is 1. The monoisotopic (exact) mass is 313 g/mol. The molecule has 20 heavy (non-hydrogen) atoms. The zero-order valence-electron chi connectivity index (χ0n) is 11.5. The summed E-state index contributed by atoms with van der Waals surface area (Å²) in [5, 5.41) is 6.02. The van der Waals surface area contributed by atoms with Crippen LogP contribution in [0.5, 0.6) is 11.8 Å². The van der Waals surface area contributed by atoms with E-state index in [9.17, 15) is 0 Å². The zero-order chi connectivity index (χ0) is 14.5. The second kappa shape index (κ2) is 6.88. The second-order valence-corrected chi connectivity index (χ2v) is 5.29. The Bertz CT molecular complexity index is 576. The van der Waals surface area contributed by atoms with Crippen LogP contribution in [0.4, 0.5) is 0 Å². The van der Waals surface area contributed by atoms with Crippen molar-refractivity contribution in [2.45, 2.75) is 13.0 Å². The molecule has 2 aromatic heterocycles. The molecule has 7 heteroatoms. The smallest absolute Gasteiger partial charge is 0.240 e. The number of halogens is 1. The number of hydrogen-bond acceptors (Lipinski definition) is 6. The molecule has 2 rings (SSSR count). The van der Waals surface area contributed by atoms with Crippen LogP contribution in [0.2, 0.25) is 5.02 Å². The van der Waals surface area contributed by atoms with Gasteiger partial charge in [-0.25, -0.2) is 4.98 Å². The Kier molecular flexibility index (Phi) is 5.17. The fourth-order valence-corrected chi connectivity index (χ4v) is 3.08. The third-order valence-corrected chi connectivity index (χ3v) is 4.16. The maximum absolute atomic E-state index is 6.23. The average Bonchev–Trinajstić information content (AvgIpc) is 2.90. The van der Waals surface area contributed by atoms with Gasteiger partial charge in [0.05, 0.1) is 31.5 Å².